The molecule has 12 heteroatoms. The summed E-state index contributed by atoms with van der Waals surface area (Å²) in [5.74, 6) is 3.72. The van der Waals surface area contributed by atoms with Gasteiger partial charge in [0, 0.05) is 38.5 Å². The number of carbonyl (C=O) groups is 2. The molecule has 61 heavy (non-hydrogen) atoms. The van der Waals surface area contributed by atoms with Crippen LogP contribution in [0.4, 0.5) is 0 Å². The highest BCUT2D eigenvalue weighted by Crippen LogP contribution is 2.43. The lowest BCUT2D eigenvalue weighted by molar-refractivity contribution is -0.870. The number of unbranched alkanes of at least 4 members (excludes halogenated alkanes) is 16. The summed E-state index contributed by atoms with van der Waals surface area (Å²) in [6, 6.07) is 2.22. The van der Waals surface area contributed by atoms with Crippen LogP contribution in [-0.2, 0) is 58.4 Å². The molecule has 0 saturated heterocycles. The Balaban J connectivity index is 1.62. The fourth-order valence-electron chi connectivity index (χ4n) is 7.43. The molecule has 0 aliphatic heterocycles. The van der Waals surface area contributed by atoms with Gasteiger partial charge in [0.1, 0.15) is 42.8 Å². The topological polar surface area (TPSA) is 135 Å². The molecule has 0 aliphatic rings. The second kappa shape index (κ2) is 31.4. The van der Waals surface area contributed by atoms with Gasteiger partial charge in [-0.2, -0.15) is 0 Å². The molecule has 2 heterocycles. The van der Waals surface area contributed by atoms with E-state index in [1.54, 1.807) is 0 Å². The number of hydrogen-bond donors (Lipinski definition) is 1. The van der Waals surface area contributed by atoms with Gasteiger partial charge in [0.05, 0.1) is 27.7 Å². The van der Waals surface area contributed by atoms with E-state index in [1.807, 2.05) is 21.1 Å². The number of furan rings is 2. The number of quaternary nitrogens is 1. The van der Waals surface area contributed by atoms with Crippen LogP contribution in [0.1, 0.15) is 195 Å². The molecule has 0 radical (unpaired) electrons. The van der Waals surface area contributed by atoms with Gasteiger partial charge >= 0.3 is 19.8 Å². The Kier molecular flexibility index (Phi) is 28.2. The molecule has 11 nitrogen and oxygen atoms in total. The van der Waals surface area contributed by atoms with E-state index in [1.165, 1.54) is 80.2 Å². The summed E-state index contributed by atoms with van der Waals surface area (Å²) in [5, 5.41) is 0. The second-order valence-electron chi connectivity index (χ2n) is 18.3. The highest BCUT2D eigenvalue weighted by atomic mass is 31.2. The maximum absolute atomic E-state index is 12.8. The van der Waals surface area contributed by atoms with Crippen molar-refractivity contribution in [1.29, 1.82) is 0 Å². The van der Waals surface area contributed by atoms with Crippen LogP contribution < -0.4 is 0 Å². The van der Waals surface area contributed by atoms with Crippen molar-refractivity contribution >= 4 is 19.8 Å². The van der Waals surface area contributed by atoms with Crippen LogP contribution in [-0.4, -0.2) is 74.9 Å². The van der Waals surface area contributed by atoms with E-state index in [-0.39, 0.29) is 26.1 Å². The lowest BCUT2D eigenvalue weighted by Crippen LogP contribution is -2.37. The molecule has 2 atom stereocenters. The third kappa shape index (κ3) is 26.1. The summed E-state index contributed by atoms with van der Waals surface area (Å²) in [7, 11) is 1.44. The van der Waals surface area contributed by atoms with Gasteiger partial charge < -0.3 is 27.7 Å². The summed E-state index contributed by atoms with van der Waals surface area (Å²) >= 11 is 0. The first-order valence-electron chi connectivity index (χ1n) is 24.1. The maximum atomic E-state index is 12.8. The summed E-state index contributed by atoms with van der Waals surface area (Å²) in [6.45, 7) is 10.7. The molecule has 0 amide bonds. The van der Waals surface area contributed by atoms with Crippen LogP contribution in [0.3, 0.4) is 0 Å². The Morgan fingerprint density at radius 3 is 1.69 bits per heavy atom. The minimum atomic E-state index is -4.40. The fraction of sp³-hybridized carbons (Fsp3) is 0.796. The Morgan fingerprint density at radius 2 is 1.13 bits per heavy atom. The maximum Gasteiger partial charge on any atom is 0.472 e. The first kappa shape index (κ1) is 54.7. The van der Waals surface area contributed by atoms with Crippen molar-refractivity contribution in [2.75, 3.05) is 47.5 Å². The van der Waals surface area contributed by atoms with Crippen molar-refractivity contribution in [2.45, 2.75) is 208 Å². The molecule has 1 N–H and O–H groups in total. The van der Waals surface area contributed by atoms with E-state index in [9.17, 15) is 19.0 Å². The lowest BCUT2D eigenvalue weighted by atomic mass is 10.0. The molecular weight excluding hydrogens is 794 g/mol. The smallest absolute Gasteiger partial charge is 0.466 e. The number of phosphoric ester groups is 1. The molecule has 0 aliphatic carbocycles. The first-order chi connectivity index (χ1) is 29.1. The van der Waals surface area contributed by atoms with Crippen LogP contribution in [0.15, 0.2) is 14.9 Å². The molecule has 0 aromatic carbocycles. The number of rotatable bonds is 38. The Bertz CT molecular complexity index is 1530. The number of ether oxygens (including phenoxy) is 2. The molecule has 0 bridgehead atoms. The van der Waals surface area contributed by atoms with Gasteiger partial charge in [-0.3, -0.25) is 18.6 Å². The summed E-state index contributed by atoms with van der Waals surface area (Å²) in [5.41, 5.74) is 3.88. The molecule has 352 valence electrons. The van der Waals surface area contributed by atoms with E-state index in [4.69, 9.17) is 27.4 Å². The standard InChI is InChI=1S/C49H86NO10P/c1-9-11-24-30-43-37-40(3)45(58-43)31-25-20-16-14-12-13-15-17-23-28-34-49(52)59-44(39-57-61(53,54)56-36-35-50(6,7)8)38-55-48(51)33-27-22-19-18-21-26-32-47-42(5)41(4)46(60-47)29-10-2/h37,44H,9-36,38-39H2,1-8H3/p+1. The molecule has 2 aromatic heterocycles. The third-order valence-electron chi connectivity index (χ3n) is 11.5. The zero-order chi connectivity index (χ0) is 44.9. The van der Waals surface area contributed by atoms with E-state index in [2.05, 4.69) is 40.7 Å². The van der Waals surface area contributed by atoms with Crippen molar-refractivity contribution in [3.63, 3.8) is 0 Å². The molecular formula is C49H87NO10P+. The van der Waals surface area contributed by atoms with Crippen LogP contribution >= 0.6 is 7.82 Å². The zero-order valence-corrected chi connectivity index (χ0v) is 40.8. The van der Waals surface area contributed by atoms with Gasteiger partial charge in [-0.15, -0.1) is 0 Å². The number of aryl methyl sites for hydroxylation is 5. The lowest BCUT2D eigenvalue weighted by Gasteiger charge is -2.24. The molecule has 2 unspecified atom stereocenters. The number of nitrogens with zero attached hydrogens (tertiary/aromatic N) is 1. The Hall–Kier alpha value is -2.43. The summed E-state index contributed by atoms with van der Waals surface area (Å²) < 4.78 is 46.7. The van der Waals surface area contributed by atoms with Gasteiger partial charge in [-0.1, -0.05) is 104 Å². The number of esters is 2. The summed E-state index contributed by atoms with van der Waals surface area (Å²) in [4.78, 5) is 35.6. The Morgan fingerprint density at radius 1 is 0.623 bits per heavy atom. The van der Waals surface area contributed by atoms with Gasteiger partial charge in [0.2, 0.25) is 0 Å². The van der Waals surface area contributed by atoms with Crippen molar-refractivity contribution in [3.8, 4) is 0 Å². The quantitative estimate of drug-likeness (QED) is 0.0300. The van der Waals surface area contributed by atoms with Gasteiger partial charge in [0.15, 0.2) is 6.10 Å². The molecule has 2 rings (SSSR count). The monoisotopic (exact) mass is 881 g/mol. The predicted molar refractivity (Wildman–Crippen MR) is 245 cm³/mol. The third-order valence-corrected chi connectivity index (χ3v) is 12.4. The normalized spacial score (nSPS) is 13.4. The molecule has 0 saturated carbocycles. The van der Waals surface area contributed by atoms with Gasteiger partial charge in [-0.25, -0.2) is 4.57 Å². The average Bonchev–Trinajstić information content (AvgIpc) is 3.69. The largest absolute Gasteiger partial charge is 0.472 e. The second-order valence-corrected chi connectivity index (χ2v) is 19.7. The SMILES string of the molecule is CCCCCc1cc(C)c(CCCCCCCCCCCCC(=O)OC(COC(=O)CCCCCCCCc2oc(CCC)c(C)c2C)COP(=O)(O)OCC[N+](C)(C)C)o1. The molecule has 0 fully saturated rings. The highest BCUT2D eigenvalue weighted by Gasteiger charge is 2.27. The van der Waals surface area contributed by atoms with Crippen LogP contribution in [0.25, 0.3) is 0 Å². The van der Waals surface area contributed by atoms with Crippen LogP contribution in [0.2, 0.25) is 0 Å². The number of carbonyl (C=O) groups excluding carboxylic acids is 2. The van der Waals surface area contributed by atoms with Crippen molar-refractivity contribution in [1.82, 2.24) is 0 Å². The first-order valence-corrected chi connectivity index (χ1v) is 25.6. The van der Waals surface area contributed by atoms with Gasteiger partial charge in [0.25, 0.3) is 0 Å². The number of hydrogen-bond acceptors (Lipinski definition) is 9. The van der Waals surface area contributed by atoms with E-state index in [0.29, 0.717) is 23.9 Å². The van der Waals surface area contributed by atoms with E-state index in [0.717, 1.165) is 101 Å². The van der Waals surface area contributed by atoms with Crippen molar-refractivity contribution in [2.24, 2.45) is 0 Å². The van der Waals surface area contributed by atoms with E-state index < -0.39 is 32.5 Å². The Labute approximate surface area is 370 Å². The molecule has 0 spiro atoms. The van der Waals surface area contributed by atoms with Crippen LogP contribution in [0.5, 0.6) is 0 Å². The van der Waals surface area contributed by atoms with E-state index >= 15 is 0 Å². The van der Waals surface area contributed by atoms with Crippen LogP contribution in [0, 0.1) is 20.8 Å². The number of likely N-dealkylation sites (N-methyl/N-ethyl adjacent to an activating group) is 1. The van der Waals surface area contributed by atoms with Crippen molar-refractivity contribution in [3.05, 3.63) is 45.8 Å². The zero-order valence-electron chi connectivity index (χ0n) is 39.9. The van der Waals surface area contributed by atoms with Crippen molar-refractivity contribution < 1.29 is 50.9 Å². The minimum absolute atomic E-state index is 0.0200. The average molecular weight is 881 g/mol. The predicted octanol–water partition coefficient (Wildman–Crippen LogP) is 12.6. The molecule has 2 aromatic rings. The fourth-order valence-corrected chi connectivity index (χ4v) is 8.17. The minimum Gasteiger partial charge on any atom is -0.466 e. The highest BCUT2D eigenvalue weighted by molar-refractivity contribution is 7.47. The van der Waals surface area contributed by atoms with Gasteiger partial charge in [-0.05, 0) is 82.1 Å². The number of phosphoric acid groups is 1. The summed E-state index contributed by atoms with van der Waals surface area (Å²) in [6.07, 6.45) is 25.3.